The summed E-state index contributed by atoms with van der Waals surface area (Å²) >= 11 is 9.10. The molecule has 0 aliphatic heterocycles. The molecule has 0 atom stereocenters. The second kappa shape index (κ2) is 5.41. The van der Waals surface area contributed by atoms with Crippen LogP contribution in [-0.4, -0.2) is 10.8 Å². The van der Waals surface area contributed by atoms with Crippen molar-refractivity contribution in [3.63, 3.8) is 0 Å². The molecule has 1 aromatic heterocycles. The highest BCUT2D eigenvalue weighted by atomic mass is 79.9. The molecular formula is C11H6BrClN2O4. The number of benzene rings is 1. The molecule has 0 fully saturated rings. The van der Waals surface area contributed by atoms with Gasteiger partial charge < -0.3 is 9.73 Å². The maximum absolute atomic E-state index is 11.8. The minimum atomic E-state index is -0.715. The first-order valence-electron chi connectivity index (χ1n) is 4.98. The van der Waals surface area contributed by atoms with E-state index in [4.69, 9.17) is 16.0 Å². The number of anilines is 1. The van der Waals surface area contributed by atoms with Crippen molar-refractivity contribution in [2.75, 3.05) is 5.32 Å². The highest BCUT2D eigenvalue weighted by Gasteiger charge is 2.17. The third-order valence-electron chi connectivity index (χ3n) is 2.17. The van der Waals surface area contributed by atoms with Gasteiger partial charge in [-0.1, -0.05) is 11.6 Å². The number of furan rings is 1. The van der Waals surface area contributed by atoms with Crippen LogP contribution in [0.25, 0.3) is 0 Å². The Labute approximate surface area is 120 Å². The summed E-state index contributed by atoms with van der Waals surface area (Å²) in [6.07, 6.45) is 0. The fraction of sp³-hybridized carbons (Fsp3) is 0. The van der Waals surface area contributed by atoms with Crippen molar-refractivity contribution in [2.24, 2.45) is 0 Å². The average molecular weight is 346 g/mol. The summed E-state index contributed by atoms with van der Waals surface area (Å²) in [6, 6.07) is 7.19. The number of carbonyl (C=O) groups is 1. The van der Waals surface area contributed by atoms with Crippen LogP contribution in [0, 0.1) is 10.1 Å². The molecule has 0 unspecified atom stereocenters. The van der Waals surface area contributed by atoms with Gasteiger partial charge in [-0.2, -0.15) is 0 Å². The van der Waals surface area contributed by atoms with Gasteiger partial charge in [0.15, 0.2) is 5.76 Å². The van der Waals surface area contributed by atoms with E-state index < -0.39 is 16.7 Å². The van der Waals surface area contributed by atoms with E-state index in [1.165, 1.54) is 6.07 Å². The van der Waals surface area contributed by atoms with Crippen LogP contribution < -0.4 is 5.32 Å². The molecule has 0 saturated carbocycles. The van der Waals surface area contributed by atoms with Crippen LogP contribution in [0.1, 0.15) is 10.6 Å². The van der Waals surface area contributed by atoms with Crippen LogP contribution >= 0.6 is 27.5 Å². The summed E-state index contributed by atoms with van der Waals surface area (Å²) in [5.41, 5.74) is 0.456. The van der Waals surface area contributed by atoms with E-state index in [-0.39, 0.29) is 5.76 Å². The van der Waals surface area contributed by atoms with Crippen LogP contribution in [-0.2, 0) is 0 Å². The highest BCUT2D eigenvalue weighted by molar-refractivity contribution is 9.10. The summed E-state index contributed by atoms with van der Waals surface area (Å²) in [7, 11) is 0. The number of hydrogen-bond donors (Lipinski definition) is 1. The van der Waals surface area contributed by atoms with Crippen molar-refractivity contribution in [3.8, 4) is 0 Å². The van der Waals surface area contributed by atoms with Crippen LogP contribution in [0.2, 0.25) is 5.02 Å². The zero-order valence-electron chi connectivity index (χ0n) is 9.22. The smallest absolute Gasteiger partial charge is 0.395 e. The quantitative estimate of drug-likeness (QED) is 0.676. The van der Waals surface area contributed by atoms with Crippen molar-refractivity contribution in [1.29, 1.82) is 0 Å². The molecule has 0 aliphatic rings. The van der Waals surface area contributed by atoms with E-state index in [1.54, 1.807) is 18.2 Å². The van der Waals surface area contributed by atoms with Gasteiger partial charge in [-0.05, 0) is 40.2 Å². The first-order valence-corrected chi connectivity index (χ1v) is 6.15. The Balaban J connectivity index is 2.15. The number of hydrogen-bond acceptors (Lipinski definition) is 4. The van der Waals surface area contributed by atoms with Crippen molar-refractivity contribution in [2.45, 2.75) is 0 Å². The van der Waals surface area contributed by atoms with Gasteiger partial charge in [0, 0.05) is 10.2 Å². The molecule has 2 aromatic rings. The summed E-state index contributed by atoms with van der Waals surface area (Å²) in [5, 5.41) is 13.4. The molecule has 8 heteroatoms. The summed E-state index contributed by atoms with van der Waals surface area (Å²) in [5.74, 6) is -1.23. The Bertz CT molecular complexity index is 656. The molecule has 0 saturated heterocycles. The number of nitro groups is 1. The number of halogens is 2. The van der Waals surface area contributed by atoms with Gasteiger partial charge >= 0.3 is 5.88 Å². The van der Waals surface area contributed by atoms with E-state index >= 15 is 0 Å². The summed E-state index contributed by atoms with van der Waals surface area (Å²) in [4.78, 5) is 21.5. The van der Waals surface area contributed by atoms with Gasteiger partial charge in [0.2, 0.25) is 0 Å². The van der Waals surface area contributed by atoms with E-state index in [9.17, 15) is 14.9 Å². The third-order valence-corrected chi connectivity index (χ3v) is 3.41. The van der Waals surface area contributed by atoms with Gasteiger partial charge in [0.25, 0.3) is 5.91 Å². The predicted molar refractivity (Wildman–Crippen MR) is 72.5 cm³/mol. The molecular weight excluding hydrogens is 339 g/mol. The number of carbonyl (C=O) groups excluding carboxylic acids is 1. The third kappa shape index (κ3) is 3.12. The number of amides is 1. The van der Waals surface area contributed by atoms with Crippen LogP contribution in [0.3, 0.4) is 0 Å². The predicted octanol–water partition coefficient (Wildman–Crippen LogP) is 3.86. The Morgan fingerprint density at radius 1 is 1.37 bits per heavy atom. The first-order chi connectivity index (χ1) is 8.97. The van der Waals surface area contributed by atoms with Crippen LogP contribution in [0.5, 0.6) is 0 Å². The Kier molecular flexibility index (Phi) is 3.87. The average Bonchev–Trinajstić information content (AvgIpc) is 2.83. The van der Waals surface area contributed by atoms with Gasteiger partial charge in [-0.15, -0.1) is 0 Å². The zero-order valence-corrected chi connectivity index (χ0v) is 11.6. The van der Waals surface area contributed by atoms with Crippen LogP contribution in [0.15, 0.2) is 39.2 Å². The van der Waals surface area contributed by atoms with Gasteiger partial charge in [0.05, 0.1) is 11.1 Å². The Hall–Kier alpha value is -1.86. The zero-order chi connectivity index (χ0) is 14.0. The molecule has 1 aromatic carbocycles. The lowest BCUT2D eigenvalue weighted by Crippen LogP contribution is -2.10. The normalized spacial score (nSPS) is 10.2. The molecule has 2 rings (SSSR count). The SMILES string of the molecule is O=C(Nc1ccc(Br)c(Cl)c1)c1ccc([N+](=O)[O-])o1. The lowest BCUT2D eigenvalue weighted by molar-refractivity contribution is -0.402. The maximum Gasteiger partial charge on any atom is 0.433 e. The first kappa shape index (κ1) is 13.6. The van der Waals surface area contributed by atoms with Gasteiger partial charge in [0.1, 0.15) is 4.92 Å². The van der Waals surface area contributed by atoms with E-state index in [2.05, 4.69) is 21.2 Å². The maximum atomic E-state index is 11.8. The molecule has 19 heavy (non-hydrogen) atoms. The van der Waals surface area contributed by atoms with Crippen molar-refractivity contribution in [3.05, 3.63) is 55.7 Å². The van der Waals surface area contributed by atoms with Crippen LogP contribution in [0.4, 0.5) is 11.6 Å². The number of rotatable bonds is 3. The Morgan fingerprint density at radius 2 is 2.11 bits per heavy atom. The van der Waals surface area contributed by atoms with Gasteiger partial charge in [-0.3, -0.25) is 14.9 Å². The monoisotopic (exact) mass is 344 g/mol. The second-order valence-electron chi connectivity index (χ2n) is 3.48. The number of nitrogens with zero attached hydrogens (tertiary/aromatic N) is 1. The number of nitrogens with one attached hydrogen (secondary N) is 1. The standard InChI is InChI=1S/C11H6BrClN2O4/c12-7-2-1-6(5-8(7)13)14-11(16)9-3-4-10(19-9)15(17)18/h1-5H,(H,14,16). The minimum absolute atomic E-state index is 0.147. The Morgan fingerprint density at radius 3 is 2.68 bits per heavy atom. The van der Waals surface area contributed by atoms with Crippen molar-refractivity contribution < 1.29 is 14.1 Å². The second-order valence-corrected chi connectivity index (χ2v) is 4.74. The fourth-order valence-electron chi connectivity index (χ4n) is 1.31. The summed E-state index contributed by atoms with van der Waals surface area (Å²) in [6.45, 7) is 0. The topological polar surface area (TPSA) is 85.4 Å². The lowest BCUT2D eigenvalue weighted by atomic mass is 10.3. The molecule has 0 bridgehead atoms. The van der Waals surface area contributed by atoms with Crippen molar-refractivity contribution in [1.82, 2.24) is 0 Å². The molecule has 1 N–H and O–H groups in total. The highest BCUT2D eigenvalue weighted by Crippen LogP contribution is 2.26. The molecule has 0 aliphatic carbocycles. The molecule has 6 nitrogen and oxygen atoms in total. The van der Waals surface area contributed by atoms with Crippen molar-refractivity contribution >= 4 is 45.0 Å². The summed E-state index contributed by atoms with van der Waals surface area (Å²) < 4.78 is 5.47. The van der Waals surface area contributed by atoms with Gasteiger partial charge in [-0.25, -0.2) is 0 Å². The minimum Gasteiger partial charge on any atom is -0.395 e. The van der Waals surface area contributed by atoms with E-state index in [0.717, 1.165) is 6.07 Å². The molecule has 0 spiro atoms. The largest absolute Gasteiger partial charge is 0.433 e. The molecule has 1 heterocycles. The fourth-order valence-corrected chi connectivity index (χ4v) is 1.74. The molecule has 0 radical (unpaired) electrons. The van der Waals surface area contributed by atoms with E-state index in [0.29, 0.717) is 15.2 Å². The van der Waals surface area contributed by atoms with E-state index in [1.807, 2.05) is 0 Å². The molecule has 1 amide bonds. The lowest BCUT2D eigenvalue weighted by Gasteiger charge is -2.04. The molecule has 98 valence electrons.